The lowest BCUT2D eigenvalue weighted by molar-refractivity contribution is 0.301. The quantitative estimate of drug-likeness (QED) is 0.582. The van der Waals surface area contributed by atoms with Crippen LogP contribution in [-0.4, -0.2) is 13.1 Å². The van der Waals surface area contributed by atoms with Crippen molar-refractivity contribution in [3.05, 3.63) is 35.9 Å². The van der Waals surface area contributed by atoms with Gasteiger partial charge in [-0.25, -0.2) is 0 Å². The molecule has 0 spiro atoms. The van der Waals surface area contributed by atoms with Gasteiger partial charge < -0.3 is 11.1 Å². The van der Waals surface area contributed by atoms with E-state index in [1.165, 1.54) is 31.2 Å². The van der Waals surface area contributed by atoms with Crippen LogP contribution in [0.1, 0.15) is 70.9 Å². The SMILES string of the molecule is CCCCCC(C)(C)CNCCCC(N)c1ccccc1. The predicted molar refractivity (Wildman–Crippen MR) is 93.4 cm³/mol. The number of nitrogens with two attached hydrogens (primary N) is 1. The molecule has 0 radical (unpaired) electrons. The molecule has 2 heteroatoms. The minimum absolute atomic E-state index is 0.172. The van der Waals surface area contributed by atoms with E-state index in [-0.39, 0.29) is 6.04 Å². The Bertz CT molecular complexity index is 359. The molecular formula is C19H34N2. The summed E-state index contributed by atoms with van der Waals surface area (Å²) in [4.78, 5) is 0. The van der Waals surface area contributed by atoms with Gasteiger partial charge in [0.05, 0.1) is 0 Å². The Morgan fingerprint density at radius 3 is 2.48 bits per heavy atom. The zero-order valence-corrected chi connectivity index (χ0v) is 14.2. The first-order chi connectivity index (χ1) is 10.0. The topological polar surface area (TPSA) is 38.0 Å². The van der Waals surface area contributed by atoms with E-state index in [2.05, 4.69) is 50.4 Å². The molecule has 120 valence electrons. The van der Waals surface area contributed by atoms with Crippen molar-refractivity contribution in [2.24, 2.45) is 11.1 Å². The van der Waals surface area contributed by atoms with Crippen molar-refractivity contribution in [1.82, 2.24) is 5.32 Å². The first-order valence-electron chi connectivity index (χ1n) is 8.56. The monoisotopic (exact) mass is 290 g/mol. The molecule has 1 atom stereocenters. The van der Waals surface area contributed by atoms with Crippen LogP contribution in [0.15, 0.2) is 30.3 Å². The van der Waals surface area contributed by atoms with E-state index in [0.717, 1.165) is 25.9 Å². The largest absolute Gasteiger partial charge is 0.324 e. The van der Waals surface area contributed by atoms with Crippen LogP contribution < -0.4 is 11.1 Å². The van der Waals surface area contributed by atoms with Gasteiger partial charge in [-0.15, -0.1) is 0 Å². The molecule has 3 N–H and O–H groups in total. The van der Waals surface area contributed by atoms with Crippen molar-refractivity contribution >= 4 is 0 Å². The highest BCUT2D eigenvalue weighted by Gasteiger charge is 2.16. The zero-order chi connectivity index (χ0) is 15.6. The van der Waals surface area contributed by atoms with E-state index in [1.54, 1.807) is 0 Å². The maximum atomic E-state index is 6.22. The van der Waals surface area contributed by atoms with E-state index in [1.807, 2.05) is 6.07 Å². The van der Waals surface area contributed by atoms with Gasteiger partial charge in [0.25, 0.3) is 0 Å². The van der Waals surface area contributed by atoms with Gasteiger partial charge in [0.15, 0.2) is 0 Å². The molecule has 0 aliphatic rings. The van der Waals surface area contributed by atoms with Crippen LogP contribution in [0.3, 0.4) is 0 Å². The van der Waals surface area contributed by atoms with Crippen LogP contribution in [-0.2, 0) is 0 Å². The highest BCUT2D eigenvalue weighted by atomic mass is 14.9. The highest BCUT2D eigenvalue weighted by Crippen LogP contribution is 2.22. The molecule has 21 heavy (non-hydrogen) atoms. The number of nitrogens with one attached hydrogen (secondary N) is 1. The van der Waals surface area contributed by atoms with Gasteiger partial charge in [-0.2, -0.15) is 0 Å². The van der Waals surface area contributed by atoms with Gasteiger partial charge in [-0.05, 0) is 36.8 Å². The molecule has 0 heterocycles. The van der Waals surface area contributed by atoms with Crippen molar-refractivity contribution in [2.45, 2.75) is 65.3 Å². The van der Waals surface area contributed by atoms with E-state index in [0.29, 0.717) is 5.41 Å². The van der Waals surface area contributed by atoms with Crippen LogP contribution in [0, 0.1) is 5.41 Å². The molecule has 0 saturated heterocycles. The van der Waals surface area contributed by atoms with E-state index in [9.17, 15) is 0 Å². The number of unbranched alkanes of at least 4 members (excludes halogenated alkanes) is 2. The summed E-state index contributed by atoms with van der Waals surface area (Å²) in [6.07, 6.45) is 7.52. The molecule has 2 nitrogen and oxygen atoms in total. The Morgan fingerprint density at radius 2 is 1.81 bits per heavy atom. The molecular weight excluding hydrogens is 256 g/mol. The number of rotatable bonds is 11. The zero-order valence-electron chi connectivity index (χ0n) is 14.2. The summed E-state index contributed by atoms with van der Waals surface area (Å²) in [5.41, 5.74) is 7.88. The van der Waals surface area contributed by atoms with Crippen molar-refractivity contribution in [1.29, 1.82) is 0 Å². The molecule has 1 aromatic rings. The Labute approximate surface area is 131 Å². The standard InChI is InChI=1S/C19H34N2/c1-4-5-9-14-19(2,3)16-21-15-10-13-18(20)17-11-7-6-8-12-17/h6-8,11-12,18,21H,4-5,9-10,13-16,20H2,1-3H3. The first-order valence-corrected chi connectivity index (χ1v) is 8.56. The lowest BCUT2D eigenvalue weighted by atomic mass is 9.87. The van der Waals surface area contributed by atoms with E-state index < -0.39 is 0 Å². The Morgan fingerprint density at radius 1 is 1.10 bits per heavy atom. The normalized spacial score (nSPS) is 13.3. The molecule has 0 aromatic heterocycles. The van der Waals surface area contributed by atoms with Gasteiger partial charge in [-0.1, -0.05) is 70.4 Å². The maximum Gasteiger partial charge on any atom is 0.0295 e. The molecule has 1 aromatic carbocycles. The lowest BCUT2D eigenvalue weighted by Gasteiger charge is -2.25. The average molecular weight is 290 g/mol. The van der Waals surface area contributed by atoms with Crippen molar-refractivity contribution in [2.75, 3.05) is 13.1 Å². The molecule has 0 aliphatic carbocycles. The summed E-state index contributed by atoms with van der Waals surface area (Å²) in [6.45, 7) is 9.17. The van der Waals surface area contributed by atoms with Crippen molar-refractivity contribution in [3.63, 3.8) is 0 Å². The second-order valence-corrected chi connectivity index (χ2v) is 6.96. The summed E-state index contributed by atoms with van der Waals surface area (Å²) in [7, 11) is 0. The first kappa shape index (κ1) is 18.2. The highest BCUT2D eigenvalue weighted by molar-refractivity contribution is 5.18. The van der Waals surface area contributed by atoms with Crippen LogP contribution in [0.2, 0.25) is 0 Å². The van der Waals surface area contributed by atoms with Gasteiger partial charge in [-0.3, -0.25) is 0 Å². The molecule has 0 aliphatic heterocycles. The fourth-order valence-corrected chi connectivity index (χ4v) is 2.68. The predicted octanol–water partition coefficient (Wildman–Crippen LogP) is 4.66. The molecule has 0 saturated carbocycles. The third-order valence-corrected chi connectivity index (χ3v) is 4.16. The minimum Gasteiger partial charge on any atom is -0.324 e. The molecule has 0 bridgehead atoms. The maximum absolute atomic E-state index is 6.22. The Balaban J connectivity index is 2.11. The fraction of sp³-hybridized carbons (Fsp3) is 0.684. The van der Waals surface area contributed by atoms with E-state index in [4.69, 9.17) is 5.73 Å². The summed E-state index contributed by atoms with van der Waals surface area (Å²) >= 11 is 0. The van der Waals surface area contributed by atoms with Crippen molar-refractivity contribution < 1.29 is 0 Å². The Kier molecular flexibility index (Phi) is 8.63. The summed E-state index contributed by atoms with van der Waals surface area (Å²) in [5.74, 6) is 0. The lowest BCUT2D eigenvalue weighted by Crippen LogP contribution is -2.30. The summed E-state index contributed by atoms with van der Waals surface area (Å²) in [5, 5.41) is 3.60. The summed E-state index contributed by atoms with van der Waals surface area (Å²) < 4.78 is 0. The van der Waals surface area contributed by atoms with Crippen molar-refractivity contribution in [3.8, 4) is 0 Å². The smallest absolute Gasteiger partial charge is 0.0295 e. The Hall–Kier alpha value is -0.860. The molecule has 1 unspecified atom stereocenters. The molecule has 0 fully saturated rings. The third kappa shape index (κ3) is 8.23. The summed E-state index contributed by atoms with van der Waals surface area (Å²) in [6, 6.07) is 10.6. The van der Waals surface area contributed by atoms with Crippen LogP contribution in [0.25, 0.3) is 0 Å². The third-order valence-electron chi connectivity index (χ3n) is 4.16. The van der Waals surface area contributed by atoms with Gasteiger partial charge in [0.2, 0.25) is 0 Å². The van der Waals surface area contributed by atoms with Crippen LogP contribution in [0.5, 0.6) is 0 Å². The minimum atomic E-state index is 0.172. The van der Waals surface area contributed by atoms with E-state index >= 15 is 0 Å². The van der Waals surface area contributed by atoms with Crippen LogP contribution in [0.4, 0.5) is 0 Å². The van der Waals surface area contributed by atoms with Gasteiger partial charge in [0, 0.05) is 12.6 Å². The van der Waals surface area contributed by atoms with Gasteiger partial charge >= 0.3 is 0 Å². The molecule has 1 rings (SSSR count). The average Bonchev–Trinajstić information content (AvgIpc) is 2.47. The van der Waals surface area contributed by atoms with Crippen LogP contribution >= 0.6 is 0 Å². The number of hydrogen-bond acceptors (Lipinski definition) is 2. The second-order valence-electron chi connectivity index (χ2n) is 6.96. The molecule has 0 amide bonds. The number of benzene rings is 1. The number of hydrogen-bond donors (Lipinski definition) is 2. The fourth-order valence-electron chi connectivity index (χ4n) is 2.68. The van der Waals surface area contributed by atoms with Gasteiger partial charge in [0.1, 0.15) is 0 Å². The second kappa shape index (κ2) is 9.97.